The number of amides is 2. The van der Waals surface area contributed by atoms with Gasteiger partial charge in [0.1, 0.15) is 16.4 Å². The molecule has 1 aliphatic heterocycles. The van der Waals surface area contributed by atoms with Crippen LogP contribution in [0.5, 0.6) is 0 Å². The Labute approximate surface area is 204 Å². The second-order valence-electron chi connectivity index (χ2n) is 5.97. The lowest BCUT2D eigenvalue weighted by atomic mass is 10.2. The van der Waals surface area contributed by atoms with E-state index >= 15 is 0 Å². The molecule has 0 bridgehead atoms. The monoisotopic (exact) mass is 526 g/mol. The number of nitrogens with zero attached hydrogens (tertiary/aromatic N) is 2. The van der Waals surface area contributed by atoms with E-state index in [9.17, 15) is 24.3 Å². The summed E-state index contributed by atoms with van der Waals surface area (Å²) in [5.41, 5.74) is -0.0650. The van der Waals surface area contributed by atoms with Gasteiger partial charge in [-0.25, -0.2) is 9.78 Å². The van der Waals surface area contributed by atoms with Crippen LogP contribution in [0.15, 0.2) is 40.6 Å². The summed E-state index contributed by atoms with van der Waals surface area (Å²) in [6.45, 7) is -0.680. The lowest BCUT2D eigenvalue weighted by Crippen LogP contribution is -2.34. The van der Waals surface area contributed by atoms with Crippen LogP contribution in [0.25, 0.3) is 5.57 Å². The standard InChI is InChI=1S/C18H12N4O6S4.H2O/c23-10(24)6-22-14(26)12(32-18(22)30)11(15(27)28)9-7-31-17(19-9)21-16(29)20-13(25)8-4-2-1-3-5-8;/h1-5,7H,6H2,(H,23,24)(H,27,28)(H2,19,20,21,25,29);1H2. The van der Waals surface area contributed by atoms with Crippen molar-refractivity contribution in [1.82, 2.24) is 15.2 Å². The highest BCUT2D eigenvalue weighted by atomic mass is 32.2. The number of carboxylic acids is 2. The smallest absolute Gasteiger partial charge is 0.339 e. The number of thioether (sulfide) groups is 1. The van der Waals surface area contributed by atoms with E-state index < -0.39 is 35.9 Å². The number of aliphatic carboxylic acids is 2. The van der Waals surface area contributed by atoms with Crippen LogP contribution in [-0.2, 0) is 14.4 Å². The van der Waals surface area contributed by atoms with Gasteiger partial charge >= 0.3 is 11.9 Å². The number of thiazole rings is 1. The number of nitrogens with one attached hydrogen (secondary N) is 2. The molecule has 0 aliphatic carbocycles. The predicted molar refractivity (Wildman–Crippen MR) is 130 cm³/mol. The Bertz CT molecular complexity index is 1180. The molecule has 1 fully saturated rings. The summed E-state index contributed by atoms with van der Waals surface area (Å²) in [6, 6.07) is 8.38. The average Bonchev–Trinajstić information content (AvgIpc) is 3.28. The first-order valence-corrected chi connectivity index (χ1v) is 11.0. The molecule has 0 spiro atoms. The summed E-state index contributed by atoms with van der Waals surface area (Å²) in [5.74, 6) is -3.98. The zero-order valence-electron chi connectivity index (χ0n) is 16.2. The number of anilines is 1. The number of thiocarbonyl (C=S) groups is 2. The molecule has 1 aromatic carbocycles. The van der Waals surface area contributed by atoms with E-state index in [0.717, 1.165) is 16.2 Å². The quantitative estimate of drug-likeness (QED) is 0.313. The fourth-order valence-corrected chi connectivity index (χ4v) is 4.76. The van der Waals surface area contributed by atoms with Gasteiger partial charge in [0, 0.05) is 10.9 Å². The summed E-state index contributed by atoms with van der Waals surface area (Å²) in [5, 5.41) is 25.3. The van der Waals surface area contributed by atoms with Gasteiger partial charge in [0.25, 0.3) is 11.8 Å². The van der Waals surface area contributed by atoms with Crippen molar-refractivity contribution in [3.8, 4) is 0 Å². The lowest BCUT2D eigenvalue weighted by molar-refractivity contribution is -0.140. The maximum Gasteiger partial charge on any atom is 0.339 e. The predicted octanol–water partition coefficient (Wildman–Crippen LogP) is 1.19. The van der Waals surface area contributed by atoms with Crippen molar-refractivity contribution >= 4 is 91.4 Å². The minimum absolute atomic E-state index is 0. The molecule has 3 rings (SSSR count). The van der Waals surface area contributed by atoms with Crippen molar-refractivity contribution < 1.29 is 34.9 Å². The fraction of sp³-hybridized carbons (Fsp3) is 0.0556. The van der Waals surface area contributed by atoms with Crippen molar-refractivity contribution in [2.24, 2.45) is 0 Å². The van der Waals surface area contributed by atoms with Gasteiger partial charge in [-0.1, -0.05) is 42.2 Å². The number of carboxylic acid groups (broad SMARTS) is 2. The lowest BCUT2D eigenvalue weighted by Gasteiger charge is -2.10. The second kappa shape index (κ2) is 11.1. The van der Waals surface area contributed by atoms with Gasteiger partial charge in [-0.2, -0.15) is 0 Å². The molecule has 33 heavy (non-hydrogen) atoms. The van der Waals surface area contributed by atoms with Gasteiger partial charge in [-0.3, -0.25) is 24.6 Å². The van der Waals surface area contributed by atoms with E-state index in [1.165, 1.54) is 5.38 Å². The highest BCUT2D eigenvalue weighted by Gasteiger charge is 2.38. The van der Waals surface area contributed by atoms with Gasteiger partial charge in [-0.05, 0) is 24.4 Å². The van der Waals surface area contributed by atoms with Gasteiger partial charge in [0.15, 0.2) is 10.2 Å². The molecule has 11 nitrogen and oxygen atoms in total. The number of rotatable bonds is 6. The molecule has 172 valence electrons. The van der Waals surface area contributed by atoms with Crippen molar-refractivity contribution in [2.45, 2.75) is 0 Å². The van der Waals surface area contributed by atoms with Crippen LogP contribution in [0.3, 0.4) is 0 Å². The van der Waals surface area contributed by atoms with Gasteiger partial charge in [-0.15, -0.1) is 11.3 Å². The maximum absolute atomic E-state index is 12.5. The van der Waals surface area contributed by atoms with Crippen LogP contribution in [0.2, 0.25) is 0 Å². The summed E-state index contributed by atoms with van der Waals surface area (Å²) < 4.78 is -0.0652. The Morgan fingerprint density at radius 3 is 2.42 bits per heavy atom. The van der Waals surface area contributed by atoms with Gasteiger partial charge < -0.3 is 21.0 Å². The van der Waals surface area contributed by atoms with E-state index in [1.807, 2.05) is 0 Å². The molecular weight excluding hydrogens is 512 g/mol. The summed E-state index contributed by atoms with van der Waals surface area (Å²) >= 11 is 11.8. The third-order valence-electron chi connectivity index (χ3n) is 3.83. The molecule has 6 N–H and O–H groups in total. The molecule has 2 amide bonds. The first-order chi connectivity index (χ1) is 15.2. The molecule has 0 unspecified atom stereocenters. The molecule has 15 heteroatoms. The van der Waals surface area contributed by atoms with Crippen molar-refractivity contribution in [3.05, 3.63) is 51.9 Å². The number of aromatic nitrogens is 1. The molecular formula is C18H14N4O7S4. The minimum Gasteiger partial charge on any atom is -0.480 e. The Morgan fingerprint density at radius 2 is 1.82 bits per heavy atom. The third-order valence-corrected chi connectivity index (χ3v) is 6.24. The Hall–Kier alpha value is -3.24. The van der Waals surface area contributed by atoms with Crippen LogP contribution in [-0.4, -0.2) is 65.3 Å². The maximum atomic E-state index is 12.5. The van der Waals surface area contributed by atoms with Gasteiger partial charge in [0.05, 0.1) is 10.6 Å². The first-order valence-electron chi connectivity index (χ1n) is 8.53. The number of carbonyl (C=O) groups is 4. The zero-order chi connectivity index (χ0) is 23.4. The molecule has 1 aromatic heterocycles. The molecule has 1 saturated heterocycles. The van der Waals surface area contributed by atoms with Crippen molar-refractivity contribution in [2.75, 3.05) is 11.9 Å². The number of hydrogen-bond acceptors (Lipinski definition) is 9. The first kappa shape index (κ1) is 26.0. The fourth-order valence-electron chi connectivity index (χ4n) is 2.48. The summed E-state index contributed by atoms with van der Waals surface area (Å²) in [7, 11) is 0. The van der Waals surface area contributed by atoms with Crippen LogP contribution in [0.4, 0.5) is 5.13 Å². The van der Waals surface area contributed by atoms with E-state index in [0.29, 0.717) is 17.3 Å². The van der Waals surface area contributed by atoms with E-state index in [4.69, 9.17) is 29.5 Å². The second-order valence-corrected chi connectivity index (χ2v) is 8.88. The van der Waals surface area contributed by atoms with E-state index in [2.05, 4.69) is 15.6 Å². The summed E-state index contributed by atoms with van der Waals surface area (Å²) in [4.78, 5) is 52.2. The van der Waals surface area contributed by atoms with Crippen molar-refractivity contribution in [3.63, 3.8) is 0 Å². The zero-order valence-corrected chi connectivity index (χ0v) is 19.5. The number of benzene rings is 1. The molecule has 0 saturated carbocycles. The molecule has 2 aromatic rings. The highest BCUT2D eigenvalue weighted by Crippen LogP contribution is 2.37. The third kappa shape index (κ3) is 6.17. The van der Waals surface area contributed by atoms with Crippen LogP contribution in [0.1, 0.15) is 16.1 Å². The van der Waals surface area contributed by atoms with Crippen LogP contribution in [0, 0.1) is 0 Å². The van der Waals surface area contributed by atoms with E-state index in [-0.39, 0.29) is 30.6 Å². The largest absolute Gasteiger partial charge is 0.480 e. The normalized spacial score (nSPS) is 14.4. The van der Waals surface area contributed by atoms with Crippen LogP contribution < -0.4 is 10.6 Å². The molecule has 0 atom stereocenters. The average molecular weight is 527 g/mol. The topological polar surface area (TPSA) is 180 Å². The highest BCUT2D eigenvalue weighted by molar-refractivity contribution is 8.26. The number of carbonyl (C=O) groups excluding carboxylic acids is 2. The van der Waals surface area contributed by atoms with Crippen molar-refractivity contribution in [1.29, 1.82) is 0 Å². The minimum atomic E-state index is -1.43. The van der Waals surface area contributed by atoms with Gasteiger partial charge in [0.2, 0.25) is 0 Å². The number of hydrogen-bond donors (Lipinski definition) is 4. The Kier molecular flexibility index (Phi) is 8.72. The molecule has 1 aliphatic rings. The van der Waals surface area contributed by atoms with Crippen LogP contribution >= 0.6 is 47.5 Å². The Balaban J connectivity index is 0.00000385. The molecule has 2 heterocycles. The SMILES string of the molecule is O.O=C(O)CN1C(=O)C(=C(C(=O)O)c2csc(NC(=S)NC(=O)c3ccccc3)n2)SC1=S. The van der Waals surface area contributed by atoms with E-state index in [1.54, 1.807) is 30.3 Å². The summed E-state index contributed by atoms with van der Waals surface area (Å²) in [6.07, 6.45) is 0. The molecule has 0 radical (unpaired) electrons. The Morgan fingerprint density at radius 1 is 1.15 bits per heavy atom.